The van der Waals surface area contributed by atoms with Crippen LogP contribution in [0, 0.1) is 17.7 Å². The van der Waals surface area contributed by atoms with Crippen molar-refractivity contribution in [2.75, 3.05) is 20.2 Å². The van der Waals surface area contributed by atoms with Crippen LogP contribution in [0.25, 0.3) is 0 Å². The monoisotopic (exact) mass is 322 g/mol. The molecule has 0 radical (unpaired) electrons. The zero-order valence-corrected chi connectivity index (χ0v) is 14.2. The van der Waals surface area contributed by atoms with E-state index in [0.29, 0.717) is 29.6 Å². The normalized spacial score (nSPS) is 20.6. The largest absolute Gasteiger partial charge is 0.496 e. The molecule has 0 aliphatic carbocycles. The number of hydrogen-bond acceptors (Lipinski definition) is 3. The van der Waals surface area contributed by atoms with Gasteiger partial charge in [-0.2, -0.15) is 0 Å². The first kappa shape index (κ1) is 17.7. The van der Waals surface area contributed by atoms with Crippen LogP contribution in [-0.2, 0) is 4.79 Å². The molecule has 1 saturated heterocycles. The number of methoxy groups -OCH3 is 1. The van der Waals surface area contributed by atoms with Gasteiger partial charge in [0.2, 0.25) is 5.91 Å². The number of benzene rings is 1. The Hall–Kier alpha value is -1.62. The Bertz CT molecular complexity index is 530. The van der Waals surface area contributed by atoms with Crippen molar-refractivity contribution >= 4 is 5.91 Å². The van der Waals surface area contributed by atoms with Crippen molar-refractivity contribution in [1.29, 1.82) is 0 Å². The molecule has 2 rings (SSSR count). The minimum atomic E-state index is -0.421. The van der Waals surface area contributed by atoms with Crippen molar-refractivity contribution in [2.45, 2.75) is 39.2 Å². The van der Waals surface area contributed by atoms with Crippen LogP contribution in [0.3, 0.4) is 0 Å². The Kier molecular flexibility index (Phi) is 6.39. The third-order valence-electron chi connectivity index (χ3n) is 4.69. The van der Waals surface area contributed by atoms with E-state index in [4.69, 9.17) is 4.74 Å². The van der Waals surface area contributed by atoms with Crippen LogP contribution in [-0.4, -0.2) is 26.1 Å². The molecule has 0 spiro atoms. The summed E-state index contributed by atoms with van der Waals surface area (Å²) < 4.78 is 19.3. The molecule has 2 N–H and O–H groups in total. The van der Waals surface area contributed by atoms with Crippen molar-refractivity contribution in [3.63, 3.8) is 0 Å². The van der Waals surface area contributed by atoms with Crippen LogP contribution in [0.4, 0.5) is 4.39 Å². The Balaban J connectivity index is 1.94. The number of rotatable bonds is 6. The quantitative estimate of drug-likeness (QED) is 0.846. The molecule has 0 aromatic heterocycles. The van der Waals surface area contributed by atoms with Crippen LogP contribution in [0.2, 0.25) is 0 Å². The summed E-state index contributed by atoms with van der Waals surface area (Å²) >= 11 is 0. The molecule has 3 unspecified atom stereocenters. The van der Waals surface area contributed by atoms with Crippen LogP contribution in [0.5, 0.6) is 5.75 Å². The summed E-state index contributed by atoms with van der Waals surface area (Å²) in [5, 5.41) is 6.28. The standard InChI is InChI=1S/C18H27FN2O2/c1-12(14-6-5-9-20-11-14)10-17(22)21-13(2)18-15(19)7-4-8-16(18)23-3/h4,7-8,12-14,20H,5-6,9-11H2,1-3H3,(H,21,22). The van der Waals surface area contributed by atoms with E-state index in [1.54, 1.807) is 19.1 Å². The van der Waals surface area contributed by atoms with Gasteiger partial charge in [-0.15, -0.1) is 0 Å². The Morgan fingerprint density at radius 3 is 2.91 bits per heavy atom. The molecular weight excluding hydrogens is 295 g/mol. The fourth-order valence-corrected chi connectivity index (χ4v) is 3.31. The zero-order valence-electron chi connectivity index (χ0n) is 14.2. The lowest BCUT2D eigenvalue weighted by Gasteiger charge is -2.28. The topological polar surface area (TPSA) is 50.4 Å². The molecule has 1 aromatic rings. The summed E-state index contributed by atoms with van der Waals surface area (Å²) in [6.07, 6.45) is 2.80. The SMILES string of the molecule is COc1cccc(F)c1C(C)NC(=O)CC(C)C1CCCNC1. The van der Waals surface area contributed by atoms with E-state index in [9.17, 15) is 9.18 Å². The minimum Gasteiger partial charge on any atom is -0.496 e. The average Bonchev–Trinajstić information content (AvgIpc) is 2.54. The van der Waals surface area contributed by atoms with E-state index >= 15 is 0 Å². The number of carbonyl (C=O) groups is 1. The van der Waals surface area contributed by atoms with Crippen molar-refractivity contribution < 1.29 is 13.9 Å². The van der Waals surface area contributed by atoms with Gasteiger partial charge < -0.3 is 15.4 Å². The molecule has 0 saturated carbocycles. The molecule has 4 nitrogen and oxygen atoms in total. The van der Waals surface area contributed by atoms with Gasteiger partial charge in [0.25, 0.3) is 0 Å². The highest BCUT2D eigenvalue weighted by atomic mass is 19.1. The number of hydrogen-bond donors (Lipinski definition) is 2. The third-order valence-corrected chi connectivity index (χ3v) is 4.69. The van der Waals surface area contributed by atoms with E-state index < -0.39 is 6.04 Å². The summed E-state index contributed by atoms with van der Waals surface area (Å²) in [6.45, 7) is 5.95. The zero-order chi connectivity index (χ0) is 16.8. The number of nitrogens with one attached hydrogen (secondary N) is 2. The summed E-state index contributed by atoms with van der Waals surface area (Å²) in [5.41, 5.74) is 0.398. The first-order chi connectivity index (χ1) is 11.0. The molecule has 0 bridgehead atoms. The lowest BCUT2D eigenvalue weighted by molar-refractivity contribution is -0.123. The van der Waals surface area contributed by atoms with Gasteiger partial charge >= 0.3 is 0 Å². The first-order valence-electron chi connectivity index (χ1n) is 8.35. The van der Waals surface area contributed by atoms with Crippen LogP contribution in [0.1, 0.15) is 44.7 Å². The van der Waals surface area contributed by atoms with Crippen LogP contribution < -0.4 is 15.4 Å². The van der Waals surface area contributed by atoms with Gasteiger partial charge in [0.1, 0.15) is 11.6 Å². The second-order valence-corrected chi connectivity index (χ2v) is 6.43. The predicted octanol–water partition coefficient (Wildman–Crippen LogP) is 3.04. The highest BCUT2D eigenvalue weighted by molar-refractivity contribution is 5.76. The van der Waals surface area contributed by atoms with E-state index in [-0.39, 0.29) is 11.7 Å². The molecule has 3 atom stereocenters. The predicted molar refractivity (Wildman–Crippen MR) is 88.9 cm³/mol. The molecule has 1 aliphatic rings. The molecule has 23 heavy (non-hydrogen) atoms. The first-order valence-corrected chi connectivity index (χ1v) is 8.35. The Morgan fingerprint density at radius 2 is 2.26 bits per heavy atom. The second-order valence-electron chi connectivity index (χ2n) is 6.43. The number of ether oxygens (including phenoxy) is 1. The number of amides is 1. The van der Waals surface area contributed by atoms with Crippen molar-refractivity contribution in [2.24, 2.45) is 11.8 Å². The fourth-order valence-electron chi connectivity index (χ4n) is 3.31. The lowest BCUT2D eigenvalue weighted by atomic mass is 9.85. The van der Waals surface area contributed by atoms with Crippen molar-refractivity contribution in [1.82, 2.24) is 10.6 Å². The molecule has 128 valence electrons. The molecular formula is C18H27FN2O2. The maximum Gasteiger partial charge on any atom is 0.220 e. The van der Waals surface area contributed by atoms with Crippen LogP contribution in [0.15, 0.2) is 18.2 Å². The van der Waals surface area contributed by atoms with Crippen molar-refractivity contribution in [3.8, 4) is 5.75 Å². The highest BCUT2D eigenvalue weighted by Crippen LogP contribution is 2.28. The smallest absolute Gasteiger partial charge is 0.220 e. The van der Waals surface area contributed by atoms with Crippen LogP contribution >= 0.6 is 0 Å². The van der Waals surface area contributed by atoms with E-state index in [1.165, 1.54) is 19.6 Å². The van der Waals surface area contributed by atoms with E-state index in [2.05, 4.69) is 17.6 Å². The third kappa shape index (κ3) is 4.67. The molecule has 1 aliphatic heterocycles. The summed E-state index contributed by atoms with van der Waals surface area (Å²) in [5.74, 6) is 0.912. The maximum atomic E-state index is 14.1. The second kappa shape index (κ2) is 8.29. The van der Waals surface area contributed by atoms with Gasteiger partial charge in [-0.05, 0) is 56.8 Å². The number of piperidine rings is 1. The lowest BCUT2D eigenvalue weighted by Crippen LogP contribution is -2.36. The van der Waals surface area contributed by atoms with E-state index in [0.717, 1.165) is 19.5 Å². The van der Waals surface area contributed by atoms with Gasteiger partial charge in [-0.1, -0.05) is 13.0 Å². The number of halogens is 1. The summed E-state index contributed by atoms with van der Waals surface area (Å²) in [4.78, 5) is 12.3. The van der Waals surface area contributed by atoms with Crippen molar-refractivity contribution in [3.05, 3.63) is 29.6 Å². The molecule has 5 heteroatoms. The van der Waals surface area contributed by atoms with Gasteiger partial charge in [0, 0.05) is 6.42 Å². The Labute approximate surface area is 137 Å². The van der Waals surface area contributed by atoms with E-state index in [1.807, 2.05) is 0 Å². The molecule has 1 aromatic carbocycles. The molecule has 1 heterocycles. The minimum absolute atomic E-state index is 0.0409. The fraction of sp³-hybridized carbons (Fsp3) is 0.611. The maximum absolute atomic E-state index is 14.1. The molecule has 1 amide bonds. The summed E-state index contributed by atoms with van der Waals surface area (Å²) in [7, 11) is 1.50. The van der Waals surface area contributed by atoms with Gasteiger partial charge in [-0.25, -0.2) is 4.39 Å². The number of carbonyl (C=O) groups excluding carboxylic acids is 1. The average molecular weight is 322 g/mol. The highest BCUT2D eigenvalue weighted by Gasteiger charge is 2.24. The van der Waals surface area contributed by atoms with Gasteiger partial charge in [0.05, 0.1) is 18.7 Å². The Morgan fingerprint density at radius 1 is 1.48 bits per heavy atom. The summed E-state index contributed by atoms with van der Waals surface area (Å²) in [6, 6.07) is 4.27. The van der Waals surface area contributed by atoms with Gasteiger partial charge in [0.15, 0.2) is 0 Å². The van der Waals surface area contributed by atoms with Gasteiger partial charge in [-0.3, -0.25) is 4.79 Å². The molecule has 1 fully saturated rings.